The van der Waals surface area contributed by atoms with Crippen molar-refractivity contribution in [1.29, 1.82) is 0 Å². The molecule has 0 spiro atoms. The molecule has 0 saturated carbocycles. The van der Waals surface area contributed by atoms with Crippen LogP contribution < -0.4 is 10.4 Å². The van der Waals surface area contributed by atoms with E-state index in [1.807, 2.05) is 48.5 Å². The summed E-state index contributed by atoms with van der Waals surface area (Å²) in [4.78, 5) is 12.3. The minimum atomic E-state index is -0.269. The highest BCUT2D eigenvalue weighted by molar-refractivity contribution is 5.96. The summed E-state index contributed by atoms with van der Waals surface area (Å²) in [5.41, 5.74) is 4.88. The van der Waals surface area contributed by atoms with Gasteiger partial charge in [-0.3, -0.25) is 5.43 Å². The fourth-order valence-corrected chi connectivity index (χ4v) is 2.65. The summed E-state index contributed by atoms with van der Waals surface area (Å²) in [6.45, 7) is 0. The van der Waals surface area contributed by atoms with Crippen molar-refractivity contribution in [2.45, 2.75) is 0 Å². The van der Waals surface area contributed by atoms with Crippen LogP contribution in [0.2, 0.25) is 0 Å². The molecule has 0 bridgehead atoms. The Bertz CT molecular complexity index is 992. The van der Waals surface area contributed by atoms with Crippen LogP contribution in [0.25, 0.3) is 10.8 Å². The van der Waals surface area contributed by atoms with Gasteiger partial charge in [0.15, 0.2) is 0 Å². The molecule has 0 saturated heterocycles. The first-order chi connectivity index (χ1) is 12.3. The summed E-state index contributed by atoms with van der Waals surface area (Å²) in [5, 5.41) is 3.01. The Labute approximate surface area is 143 Å². The van der Waals surface area contributed by atoms with Crippen molar-refractivity contribution in [3.05, 3.63) is 85.2 Å². The van der Waals surface area contributed by atoms with Gasteiger partial charge in [-0.15, -0.1) is 0 Å². The zero-order valence-corrected chi connectivity index (χ0v) is 13.2. The molecular weight excluding hydrogens is 317 g/mol. The molecule has 6 heteroatoms. The second-order valence-corrected chi connectivity index (χ2v) is 5.36. The minimum Gasteiger partial charge on any atom is -0.291 e. The Morgan fingerprint density at radius 2 is 1.44 bits per heavy atom. The minimum absolute atomic E-state index is 0.269. The van der Waals surface area contributed by atoms with Crippen LogP contribution in [-0.2, 0) is 0 Å². The Morgan fingerprint density at radius 1 is 0.760 bits per heavy atom. The molecule has 0 radical (unpaired) electrons. The van der Waals surface area contributed by atoms with E-state index in [0.717, 1.165) is 16.8 Å². The zero-order chi connectivity index (χ0) is 17.1. The number of benzene rings is 3. The maximum atomic E-state index is 14.2. The van der Waals surface area contributed by atoms with Gasteiger partial charge in [-0.25, -0.2) is 14.4 Å². The molecule has 4 aromatic rings. The zero-order valence-electron chi connectivity index (χ0n) is 13.2. The van der Waals surface area contributed by atoms with Crippen molar-refractivity contribution in [2.24, 2.45) is 0 Å². The van der Waals surface area contributed by atoms with Gasteiger partial charge in [0.1, 0.15) is 18.5 Å². The number of fused-ring (bicyclic) bond motifs is 1. The van der Waals surface area contributed by atoms with Gasteiger partial charge in [-0.1, -0.05) is 42.5 Å². The number of halogens is 1. The highest BCUT2D eigenvalue weighted by Gasteiger charge is 2.16. The van der Waals surface area contributed by atoms with Gasteiger partial charge in [-0.05, 0) is 24.3 Å². The van der Waals surface area contributed by atoms with Crippen molar-refractivity contribution in [3.8, 4) is 0 Å². The summed E-state index contributed by atoms with van der Waals surface area (Å²) in [6.07, 6.45) is 2.85. The molecule has 5 nitrogen and oxygen atoms in total. The Kier molecular flexibility index (Phi) is 3.92. The van der Waals surface area contributed by atoms with Crippen molar-refractivity contribution < 1.29 is 4.39 Å². The van der Waals surface area contributed by atoms with Crippen molar-refractivity contribution in [1.82, 2.24) is 15.0 Å². The molecule has 0 aliphatic heterocycles. The average molecular weight is 331 g/mol. The van der Waals surface area contributed by atoms with Crippen LogP contribution in [0.4, 0.5) is 21.7 Å². The number of para-hydroxylation sites is 1. The highest BCUT2D eigenvalue weighted by Crippen LogP contribution is 2.32. The van der Waals surface area contributed by atoms with Crippen LogP contribution in [0, 0.1) is 5.82 Å². The first-order valence-electron chi connectivity index (χ1n) is 7.74. The molecule has 3 aromatic carbocycles. The molecule has 0 fully saturated rings. The van der Waals surface area contributed by atoms with E-state index >= 15 is 0 Å². The largest absolute Gasteiger partial charge is 0.291 e. The number of rotatable bonds is 4. The quantitative estimate of drug-likeness (QED) is 0.564. The Balaban J connectivity index is 1.88. The molecule has 122 valence electrons. The third-order valence-corrected chi connectivity index (χ3v) is 3.78. The van der Waals surface area contributed by atoms with Crippen molar-refractivity contribution >= 4 is 28.1 Å². The molecule has 0 aliphatic carbocycles. The van der Waals surface area contributed by atoms with Crippen molar-refractivity contribution in [2.75, 3.05) is 10.4 Å². The van der Waals surface area contributed by atoms with Gasteiger partial charge >= 0.3 is 0 Å². The molecule has 0 amide bonds. The molecule has 25 heavy (non-hydrogen) atoms. The number of hydrogen-bond acceptors (Lipinski definition) is 5. The van der Waals surface area contributed by atoms with Gasteiger partial charge in [0, 0.05) is 10.8 Å². The lowest BCUT2D eigenvalue weighted by Gasteiger charge is -2.25. The standard InChI is InChI=1S/C19H14FN5/c20-17-10-11-18(16-9-5-4-8-15(16)17)25(19-22-12-21-13-23-19)24-14-6-2-1-3-7-14/h1-13,24H. The van der Waals surface area contributed by atoms with Gasteiger partial charge in [0.05, 0.1) is 11.4 Å². The number of hydrazine groups is 1. The number of nitrogens with one attached hydrogen (secondary N) is 1. The van der Waals surface area contributed by atoms with E-state index in [1.54, 1.807) is 17.1 Å². The van der Waals surface area contributed by atoms with Crippen LogP contribution in [0.3, 0.4) is 0 Å². The maximum Gasteiger partial charge on any atom is 0.252 e. The second kappa shape index (κ2) is 6.52. The van der Waals surface area contributed by atoms with Crippen LogP contribution >= 0.6 is 0 Å². The predicted molar refractivity (Wildman–Crippen MR) is 95.9 cm³/mol. The first kappa shape index (κ1) is 15.0. The molecule has 1 aromatic heterocycles. The van der Waals surface area contributed by atoms with Gasteiger partial charge in [0.2, 0.25) is 0 Å². The Morgan fingerprint density at radius 3 is 2.20 bits per heavy atom. The number of anilines is 3. The molecule has 0 atom stereocenters. The first-order valence-corrected chi connectivity index (χ1v) is 7.74. The van der Waals surface area contributed by atoms with Crippen LogP contribution in [-0.4, -0.2) is 15.0 Å². The third kappa shape index (κ3) is 2.97. The number of nitrogens with zero attached hydrogens (tertiary/aromatic N) is 4. The lowest BCUT2D eigenvalue weighted by Crippen LogP contribution is -2.26. The number of hydrogen-bond donors (Lipinski definition) is 1. The highest BCUT2D eigenvalue weighted by atomic mass is 19.1. The van der Waals surface area contributed by atoms with E-state index in [1.165, 1.54) is 18.7 Å². The molecular formula is C19H14FN5. The lowest BCUT2D eigenvalue weighted by atomic mass is 10.1. The smallest absolute Gasteiger partial charge is 0.252 e. The van der Waals surface area contributed by atoms with Crippen LogP contribution in [0.5, 0.6) is 0 Å². The van der Waals surface area contributed by atoms with Crippen molar-refractivity contribution in [3.63, 3.8) is 0 Å². The summed E-state index contributed by atoms with van der Waals surface area (Å²) in [7, 11) is 0. The summed E-state index contributed by atoms with van der Waals surface area (Å²) in [5.74, 6) is 0.144. The third-order valence-electron chi connectivity index (χ3n) is 3.78. The molecule has 0 aliphatic rings. The normalized spacial score (nSPS) is 10.6. The second-order valence-electron chi connectivity index (χ2n) is 5.36. The molecule has 4 rings (SSSR count). The molecule has 1 N–H and O–H groups in total. The summed E-state index contributed by atoms with van der Waals surface area (Å²) >= 11 is 0. The fraction of sp³-hybridized carbons (Fsp3) is 0. The predicted octanol–water partition coefficient (Wildman–Crippen LogP) is 4.33. The lowest BCUT2D eigenvalue weighted by molar-refractivity contribution is 0.640. The van der Waals surface area contributed by atoms with Crippen LogP contribution in [0.15, 0.2) is 79.4 Å². The van der Waals surface area contributed by atoms with Crippen LogP contribution in [0.1, 0.15) is 0 Å². The van der Waals surface area contributed by atoms with E-state index in [4.69, 9.17) is 0 Å². The van der Waals surface area contributed by atoms with E-state index in [-0.39, 0.29) is 5.82 Å². The van der Waals surface area contributed by atoms with E-state index < -0.39 is 0 Å². The van der Waals surface area contributed by atoms with Gasteiger partial charge in [0.25, 0.3) is 5.95 Å². The number of aromatic nitrogens is 3. The molecule has 1 heterocycles. The van der Waals surface area contributed by atoms with Gasteiger partial charge < -0.3 is 0 Å². The SMILES string of the molecule is Fc1ccc(N(Nc2ccccc2)c2ncncn2)c2ccccc12. The maximum absolute atomic E-state index is 14.2. The average Bonchev–Trinajstić information content (AvgIpc) is 2.69. The van der Waals surface area contributed by atoms with Gasteiger partial charge in [-0.2, -0.15) is 9.97 Å². The molecule has 0 unspecified atom stereocenters. The fourth-order valence-electron chi connectivity index (χ4n) is 2.65. The van der Waals surface area contributed by atoms with E-state index in [9.17, 15) is 4.39 Å². The summed E-state index contributed by atoms with van der Waals surface area (Å²) < 4.78 is 14.2. The Hall–Kier alpha value is -3.54. The van der Waals surface area contributed by atoms with E-state index in [0.29, 0.717) is 11.3 Å². The summed E-state index contributed by atoms with van der Waals surface area (Å²) in [6, 6.07) is 20.1. The topological polar surface area (TPSA) is 53.9 Å². The monoisotopic (exact) mass is 331 g/mol. The van der Waals surface area contributed by atoms with E-state index in [2.05, 4.69) is 20.4 Å².